The highest BCUT2D eigenvalue weighted by atomic mass is 16.3. The minimum Gasteiger partial charge on any atom is -0.504 e. The molecule has 1 heterocycles. The number of hydrogen-bond donors (Lipinski definition) is 3. The summed E-state index contributed by atoms with van der Waals surface area (Å²) in [6, 6.07) is 16.8. The Morgan fingerprint density at radius 1 is 0.926 bits per heavy atom. The lowest BCUT2D eigenvalue weighted by atomic mass is 9.77. The third-order valence-electron chi connectivity index (χ3n) is 5.62. The van der Waals surface area contributed by atoms with E-state index >= 15 is 0 Å². The molecule has 0 bridgehead atoms. The molecule has 4 nitrogen and oxygen atoms in total. The van der Waals surface area contributed by atoms with E-state index in [1.807, 2.05) is 12.1 Å². The summed E-state index contributed by atoms with van der Waals surface area (Å²) in [5.41, 5.74) is 4.78. The molecule has 0 aromatic heterocycles. The van der Waals surface area contributed by atoms with Crippen LogP contribution in [-0.2, 0) is 4.79 Å². The fourth-order valence-corrected chi connectivity index (χ4v) is 4.34. The van der Waals surface area contributed by atoms with Crippen LogP contribution >= 0.6 is 0 Å². The topological polar surface area (TPSA) is 69.6 Å². The number of ketones is 1. The fourth-order valence-electron chi connectivity index (χ4n) is 4.34. The number of anilines is 1. The third kappa shape index (κ3) is 2.40. The van der Waals surface area contributed by atoms with Gasteiger partial charge < -0.3 is 15.5 Å². The lowest BCUT2D eigenvalue weighted by Crippen LogP contribution is -2.27. The molecular weight excluding hydrogens is 338 g/mol. The van der Waals surface area contributed by atoms with Crippen molar-refractivity contribution in [3.63, 3.8) is 0 Å². The van der Waals surface area contributed by atoms with Crippen LogP contribution in [0, 0.1) is 0 Å². The maximum absolute atomic E-state index is 12.8. The molecule has 0 spiro atoms. The first-order chi connectivity index (χ1) is 13.1. The molecule has 0 saturated heterocycles. The molecular formula is C23H19NO3. The third-order valence-corrected chi connectivity index (χ3v) is 5.62. The van der Waals surface area contributed by atoms with Gasteiger partial charge >= 0.3 is 0 Å². The van der Waals surface area contributed by atoms with E-state index in [-0.39, 0.29) is 23.3 Å². The van der Waals surface area contributed by atoms with Gasteiger partial charge in [0.25, 0.3) is 0 Å². The Labute approximate surface area is 156 Å². The van der Waals surface area contributed by atoms with Gasteiger partial charge in [0.2, 0.25) is 0 Å². The Hall–Kier alpha value is -3.27. The van der Waals surface area contributed by atoms with Crippen LogP contribution in [0.5, 0.6) is 11.5 Å². The number of benzene rings is 3. The van der Waals surface area contributed by atoms with Crippen molar-refractivity contribution >= 4 is 27.8 Å². The predicted octanol–water partition coefficient (Wildman–Crippen LogP) is 4.92. The number of aromatic hydroxyl groups is 2. The summed E-state index contributed by atoms with van der Waals surface area (Å²) in [6.07, 6.45) is 2.27. The highest BCUT2D eigenvalue weighted by Gasteiger charge is 2.34. The summed E-state index contributed by atoms with van der Waals surface area (Å²) in [7, 11) is 0. The molecule has 0 fully saturated rings. The quantitative estimate of drug-likeness (QED) is 0.541. The second-order valence-electron chi connectivity index (χ2n) is 7.20. The van der Waals surface area contributed by atoms with E-state index in [0.29, 0.717) is 6.42 Å². The fraction of sp³-hybridized carbons (Fsp3) is 0.174. The van der Waals surface area contributed by atoms with Gasteiger partial charge in [-0.15, -0.1) is 0 Å². The number of allylic oxidation sites excluding steroid dienone is 1. The lowest BCUT2D eigenvalue weighted by molar-refractivity contribution is -0.116. The Morgan fingerprint density at radius 3 is 2.63 bits per heavy atom. The minimum absolute atomic E-state index is 0.153. The van der Waals surface area contributed by atoms with Crippen molar-refractivity contribution in [2.75, 3.05) is 5.32 Å². The molecule has 0 radical (unpaired) electrons. The molecule has 0 unspecified atom stereocenters. The van der Waals surface area contributed by atoms with E-state index in [1.165, 1.54) is 12.1 Å². The minimum atomic E-state index is -0.336. The maximum atomic E-state index is 12.8. The van der Waals surface area contributed by atoms with Crippen molar-refractivity contribution < 1.29 is 15.0 Å². The number of carbonyl (C=O) groups excluding carboxylic acids is 1. The lowest BCUT2D eigenvalue weighted by Gasteiger charge is -2.35. The SMILES string of the molecule is O=C1CCCC2=C1[C@H](c1ccc(O)c(O)c1)Nc1c2ccc2ccccc12. The van der Waals surface area contributed by atoms with E-state index in [2.05, 4.69) is 29.6 Å². The number of Topliss-reactive ketones (excluding diaryl/α,β-unsaturated/α-hetero) is 1. The molecule has 1 aliphatic heterocycles. The summed E-state index contributed by atoms with van der Waals surface area (Å²) in [6.45, 7) is 0. The normalized spacial score (nSPS) is 18.8. The molecule has 0 saturated carbocycles. The van der Waals surface area contributed by atoms with Gasteiger partial charge in [0, 0.05) is 22.9 Å². The molecule has 4 heteroatoms. The van der Waals surface area contributed by atoms with Gasteiger partial charge in [0.1, 0.15) is 0 Å². The van der Waals surface area contributed by atoms with Crippen molar-refractivity contribution in [3.05, 3.63) is 71.3 Å². The molecule has 134 valence electrons. The van der Waals surface area contributed by atoms with Gasteiger partial charge in [-0.2, -0.15) is 0 Å². The molecule has 0 amide bonds. The number of phenols is 2. The Balaban J connectivity index is 1.77. The Kier molecular flexibility index (Phi) is 3.47. The number of fused-ring (bicyclic) bond motifs is 4. The van der Waals surface area contributed by atoms with E-state index in [1.54, 1.807) is 6.07 Å². The van der Waals surface area contributed by atoms with Gasteiger partial charge in [0.05, 0.1) is 11.7 Å². The summed E-state index contributed by atoms with van der Waals surface area (Å²) >= 11 is 0. The molecule has 1 atom stereocenters. The predicted molar refractivity (Wildman–Crippen MR) is 106 cm³/mol. The number of hydrogen-bond acceptors (Lipinski definition) is 4. The zero-order chi connectivity index (χ0) is 18.5. The highest BCUT2D eigenvalue weighted by Crippen LogP contribution is 2.48. The van der Waals surface area contributed by atoms with E-state index in [4.69, 9.17) is 0 Å². The monoisotopic (exact) mass is 357 g/mol. The van der Waals surface area contributed by atoms with Gasteiger partial charge in [-0.1, -0.05) is 42.5 Å². The van der Waals surface area contributed by atoms with Crippen LogP contribution in [0.15, 0.2) is 60.2 Å². The largest absolute Gasteiger partial charge is 0.504 e. The first-order valence-corrected chi connectivity index (χ1v) is 9.20. The van der Waals surface area contributed by atoms with Crippen LogP contribution in [0.3, 0.4) is 0 Å². The number of rotatable bonds is 1. The van der Waals surface area contributed by atoms with Gasteiger partial charge in [-0.25, -0.2) is 0 Å². The first kappa shape index (κ1) is 15.9. The second-order valence-corrected chi connectivity index (χ2v) is 7.20. The summed E-state index contributed by atoms with van der Waals surface area (Å²) in [5.74, 6) is -0.187. The van der Waals surface area contributed by atoms with Crippen molar-refractivity contribution in [3.8, 4) is 11.5 Å². The molecule has 2 aliphatic rings. The number of phenolic OH excluding ortho intramolecular Hbond substituents is 2. The zero-order valence-corrected chi connectivity index (χ0v) is 14.7. The molecule has 3 N–H and O–H groups in total. The highest BCUT2D eigenvalue weighted by molar-refractivity contribution is 6.11. The molecule has 3 aromatic carbocycles. The van der Waals surface area contributed by atoms with Crippen LogP contribution in [0.4, 0.5) is 5.69 Å². The van der Waals surface area contributed by atoms with Crippen LogP contribution in [0.1, 0.15) is 36.4 Å². The van der Waals surface area contributed by atoms with Crippen LogP contribution < -0.4 is 5.32 Å². The average molecular weight is 357 g/mol. The van der Waals surface area contributed by atoms with Crippen molar-refractivity contribution in [1.29, 1.82) is 0 Å². The van der Waals surface area contributed by atoms with Gasteiger partial charge in [-0.05, 0) is 41.5 Å². The zero-order valence-electron chi connectivity index (χ0n) is 14.7. The second kappa shape index (κ2) is 5.88. The molecule has 27 heavy (non-hydrogen) atoms. The van der Waals surface area contributed by atoms with Gasteiger partial charge in [0.15, 0.2) is 17.3 Å². The number of carbonyl (C=O) groups is 1. The van der Waals surface area contributed by atoms with E-state index in [0.717, 1.165) is 51.6 Å². The van der Waals surface area contributed by atoms with Crippen LogP contribution in [0.25, 0.3) is 16.3 Å². The van der Waals surface area contributed by atoms with Crippen LogP contribution in [0.2, 0.25) is 0 Å². The molecule has 1 aliphatic carbocycles. The maximum Gasteiger partial charge on any atom is 0.161 e. The van der Waals surface area contributed by atoms with E-state index < -0.39 is 0 Å². The smallest absolute Gasteiger partial charge is 0.161 e. The number of nitrogens with one attached hydrogen (secondary N) is 1. The van der Waals surface area contributed by atoms with Crippen molar-refractivity contribution in [2.45, 2.75) is 25.3 Å². The Bertz CT molecular complexity index is 1130. The molecule has 3 aromatic rings. The van der Waals surface area contributed by atoms with Crippen molar-refractivity contribution in [2.24, 2.45) is 0 Å². The average Bonchev–Trinajstić information content (AvgIpc) is 2.69. The standard InChI is InChI=1S/C23H19NO3/c25-18-11-9-14(12-20(18)27)22-21-16(6-3-7-19(21)26)17-10-8-13-4-1-2-5-15(13)23(17)24-22/h1-2,4-5,8-12,22,24-25,27H,3,6-7H2/t22-/m0/s1. The van der Waals surface area contributed by atoms with E-state index in [9.17, 15) is 15.0 Å². The van der Waals surface area contributed by atoms with Gasteiger partial charge in [-0.3, -0.25) is 4.79 Å². The Morgan fingerprint density at radius 2 is 1.78 bits per heavy atom. The molecule has 5 rings (SSSR count). The van der Waals surface area contributed by atoms with Crippen molar-refractivity contribution in [1.82, 2.24) is 0 Å². The first-order valence-electron chi connectivity index (χ1n) is 9.20. The summed E-state index contributed by atoms with van der Waals surface area (Å²) < 4.78 is 0. The summed E-state index contributed by atoms with van der Waals surface area (Å²) in [5, 5.41) is 25.5. The summed E-state index contributed by atoms with van der Waals surface area (Å²) in [4.78, 5) is 12.8. The van der Waals surface area contributed by atoms with Crippen LogP contribution in [-0.4, -0.2) is 16.0 Å².